The fourth-order valence-corrected chi connectivity index (χ4v) is 2.16. The summed E-state index contributed by atoms with van der Waals surface area (Å²) in [5.74, 6) is -1.16. The molecular weight excluding hydrogens is 296 g/mol. The highest BCUT2D eigenvalue weighted by atomic mass is 32.2. The van der Waals surface area contributed by atoms with Crippen molar-refractivity contribution in [2.45, 2.75) is 24.8 Å². The molecule has 0 aliphatic carbocycles. The Morgan fingerprint density at radius 3 is 2.43 bits per heavy atom. The van der Waals surface area contributed by atoms with E-state index >= 15 is 0 Å². The summed E-state index contributed by atoms with van der Waals surface area (Å²) in [5, 5.41) is 2.46. The molecule has 1 aromatic rings. The Bertz CT molecular complexity index is 653. The van der Waals surface area contributed by atoms with Crippen molar-refractivity contribution in [3.8, 4) is 0 Å². The van der Waals surface area contributed by atoms with Crippen molar-refractivity contribution in [2.75, 3.05) is 18.2 Å². The summed E-state index contributed by atoms with van der Waals surface area (Å²) in [6, 6.07) is 3.04. The second-order valence-corrected chi connectivity index (χ2v) is 6.53. The number of carbonyl (C=O) groups is 2. The second-order valence-electron chi connectivity index (χ2n) is 4.52. The molecule has 1 aromatic carbocycles. The molecule has 0 spiro atoms. The SMILES string of the molecule is CCOC(=O)c1cc(NC(=O)[C@H](C)N)cc(S(C)(=O)=O)c1. The van der Waals surface area contributed by atoms with Crippen molar-refractivity contribution in [3.63, 3.8) is 0 Å². The maximum Gasteiger partial charge on any atom is 0.338 e. The Kier molecular flexibility index (Phi) is 5.45. The molecule has 0 bridgehead atoms. The van der Waals surface area contributed by atoms with Gasteiger partial charge in [0.2, 0.25) is 5.91 Å². The molecule has 0 aromatic heterocycles. The first-order chi connectivity index (χ1) is 9.65. The van der Waals surface area contributed by atoms with Gasteiger partial charge >= 0.3 is 5.97 Å². The van der Waals surface area contributed by atoms with Gasteiger partial charge in [0, 0.05) is 11.9 Å². The zero-order valence-electron chi connectivity index (χ0n) is 12.0. The van der Waals surface area contributed by atoms with Crippen LogP contribution in [0.25, 0.3) is 0 Å². The molecular formula is C13H18N2O5S. The third kappa shape index (κ3) is 4.83. The number of sulfone groups is 1. The molecule has 1 amide bonds. The summed E-state index contributed by atoms with van der Waals surface area (Å²) in [7, 11) is -3.54. The predicted molar refractivity (Wildman–Crippen MR) is 77.8 cm³/mol. The van der Waals surface area contributed by atoms with Crippen LogP contribution in [0.4, 0.5) is 5.69 Å². The predicted octanol–water partition coefficient (Wildman–Crippen LogP) is 0.552. The van der Waals surface area contributed by atoms with Gasteiger partial charge in [-0.05, 0) is 32.0 Å². The lowest BCUT2D eigenvalue weighted by molar-refractivity contribution is -0.117. The lowest BCUT2D eigenvalue weighted by Crippen LogP contribution is -2.32. The van der Waals surface area contributed by atoms with Gasteiger partial charge in [-0.1, -0.05) is 0 Å². The molecule has 21 heavy (non-hydrogen) atoms. The first-order valence-electron chi connectivity index (χ1n) is 6.24. The number of ether oxygens (including phenoxy) is 1. The minimum absolute atomic E-state index is 0.0414. The van der Waals surface area contributed by atoms with Crippen molar-refractivity contribution in [1.29, 1.82) is 0 Å². The van der Waals surface area contributed by atoms with E-state index in [2.05, 4.69) is 5.32 Å². The van der Waals surface area contributed by atoms with E-state index in [0.717, 1.165) is 6.26 Å². The van der Waals surface area contributed by atoms with Crippen LogP contribution >= 0.6 is 0 Å². The molecule has 0 aliphatic rings. The van der Waals surface area contributed by atoms with E-state index in [-0.39, 0.29) is 22.8 Å². The van der Waals surface area contributed by atoms with Crippen LogP contribution in [0.3, 0.4) is 0 Å². The van der Waals surface area contributed by atoms with Crippen LogP contribution in [0.2, 0.25) is 0 Å². The summed E-state index contributed by atoms with van der Waals surface area (Å²) in [5.41, 5.74) is 5.64. The highest BCUT2D eigenvalue weighted by molar-refractivity contribution is 7.90. The van der Waals surface area contributed by atoms with Gasteiger partial charge in [-0.3, -0.25) is 4.79 Å². The summed E-state index contributed by atoms with van der Waals surface area (Å²) in [4.78, 5) is 23.2. The van der Waals surface area contributed by atoms with E-state index in [4.69, 9.17) is 10.5 Å². The first kappa shape index (κ1) is 17.1. The summed E-state index contributed by atoms with van der Waals surface area (Å²) in [6.45, 7) is 3.28. The van der Waals surface area contributed by atoms with Crippen LogP contribution in [-0.4, -0.2) is 39.2 Å². The number of nitrogens with two attached hydrogens (primary N) is 1. The van der Waals surface area contributed by atoms with Gasteiger partial charge in [0.1, 0.15) is 0 Å². The molecule has 7 nitrogen and oxygen atoms in total. The molecule has 8 heteroatoms. The number of benzene rings is 1. The fourth-order valence-electron chi connectivity index (χ4n) is 1.47. The van der Waals surface area contributed by atoms with Crippen molar-refractivity contribution in [2.24, 2.45) is 5.73 Å². The number of nitrogens with one attached hydrogen (secondary N) is 1. The average Bonchev–Trinajstić information content (AvgIpc) is 2.37. The van der Waals surface area contributed by atoms with Crippen molar-refractivity contribution in [3.05, 3.63) is 23.8 Å². The van der Waals surface area contributed by atoms with Crippen LogP contribution in [0.5, 0.6) is 0 Å². The Morgan fingerprint density at radius 2 is 1.95 bits per heavy atom. The van der Waals surface area contributed by atoms with Gasteiger partial charge in [-0.25, -0.2) is 13.2 Å². The van der Waals surface area contributed by atoms with E-state index in [0.29, 0.717) is 0 Å². The fraction of sp³-hybridized carbons (Fsp3) is 0.385. The Hall–Kier alpha value is -1.93. The van der Waals surface area contributed by atoms with Crippen LogP contribution < -0.4 is 11.1 Å². The minimum atomic E-state index is -3.54. The van der Waals surface area contributed by atoms with Gasteiger partial charge in [0.05, 0.1) is 23.1 Å². The Balaban J connectivity index is 3.28. The maximum atomic E-state index is 11.7. The zero-order valence-corrected chi connectivity index (χ0v) is 12.9. The number of anilines is 1. The number of rotatable bonds is 5. The molecule has 0 saturated carbocycles. The van der Waals surface area contributed by atoms with Crippen molar-refractivity contribution >= 4 is 27.4 Å². The first-order valence-corrected chi connectivity index (χ1v) is 8.13. The lowest BCUT2D eigenvalue weighted by Gasteiger charge is -2.11. The number of carbonyl (C=O) groups excluding carboxylic acids is 2. The van der Waals surface area contributed by atoms with Gasteiger partial charge in [-0.15, -0.1) is 0 Å². The van der Waals surface area contributed by atoms with E-state index in [1.165, 1.54) is 25.1 Å². The molecule has 0 fully saturated rings. The summed E-state index contributed by atoms with van der Waals surface area (Å²) >= 11 is 0. The van der Waals surface area contributed by atoms with Gasteiger partial charge in [0.25, 0.3) is 0 Å². The molecule has 116 valence electrons. The topological polar surface area (TPSA) is 116 Å². The smallest absolute Gasteiger partial charge is 0.338 e. The molecule has 0 unspecified atom stereocenters. The van der Waals surface area contributed by atoms with Crippen molar-refractivity contribution < 1.29 is 22.7 Å². The Labute approximate surface area is 123 Å². The highest BCUT2D eigenvalue weighted by Crippen LogP contribution is 2.20. The van der Waals surface area contributed by atoms with E-state index in [1.807, 2.05) is 0 Å². The van der Waals surface area contributed by atoms with Gasteiger partial charge in [-0.2, -0.15) is 0 Å². The summed E-state index contributed by atoms with van der Waals surface area (Å²) < 4.78 is 28.1. The number of amides is 1. The Morgan fingerprint density at radius 1 is 1.33 bits per heavy atom. The van der Waals surface area contributed by atoms with Crippen LogP contribution in [0, 0.1) is 0 Å². The molecule has 1 rings (SSSR count). The molecule has 0 saturated heterocycles. The largest absolute Gasteiger partial charge is 0.462 e. The van der Waals surface area contributed by atoms with Crippen LogP contribution in [0.15, 0.2) is 23.1 Å². The highest BCUT2D eigenvalue weighted by Gasteiger charge is 2.17. The second kappa shape index (κ2) is 6.68. The quantitative estimate of drug-likeness (QED) is 0.767. The number of hydrogen-bond acceptors (Lipinski definition) is 6. The van der Waals surface area contributed by atoms with Gasteiger partial charge in [0.15, 0.2) is 9.84 Å². The maximum absolute atomic E-state index is 11.7. The van der Waals surface area contributed by atoms with Crippen molar-refractivity contribution in [1.82, 2.24) is 0 Å². The monoisotopic (exact) mass is 314 g/mol. The third-order valence-electron chi connectivity index (χ3n) is 2.53. The normalized spacial score (nSPS) is 12.6. The van der Waals surface area contributed by atoms with Gasteiger partial charge < -0.3 is 15.8 Å². The average molecular weight is 314 g/mol. The molecule has 1 atom stereocenters. The van der Waals surface area contributed by atoms with E-state index in [1.54, 1.807) is 6.92 Å². The minimum Gasteiger partial charge on any atom is -0.462 e. The number of esters is 1. The lowest BCUT2D eigenvalue weighted by atomic mass is 10.2. The zero-order chi connectivity index (χ0) is 16.2. The molecule has 0 heterocycles. The standard InChI is InChI=1S/C13H18N2O5S/c1-4-20-13(17)9-5-10(15-12(16)8(2)14)7-11(6-9)21(3,18)19/h5-8H,4,14H2,1-3H3,(H,15,16)/t8-/m0/s1. The molecule has 3 N–H and O–H groups in total. The third-order valence-corrected chi connectivity index (χ3v) is 3.62. The van der Waals surface area contributed by atoms with Crippen LogP contribution in [0.1, 0.15) is 24.2 Å². The van der Waals surface area contributed by atoms with E-state index < -0.39 is 27.8 Å². The molecule has 0 radical (unpaired) electrons. The van der Waals surface area contributed by atoms with E-state index in [9.17, 15) is 18.0 Å². The molecule has 0 aliphatic heterocycles. The van der Waals surface area contributed by atoms with Crippen LogP contribution in [-0.2, 0) is 19.4 Å². The number of hydrogen-bond donors (Lipinski definition) is 2. The summed E-state index contributed by atoms with van der Waals surface area (Å²) in [6.07, 6.45) is 1.01.